The number of rotatable bonds is 4. The lowest BCUT2D eigenvalue weighted by atomic mass is 9.84. The Labute approximate surface area is 115 Å². The fourth-order valence-corrected chi connectivity index (χ4v) is 2.95. The average molecular weight is 258 g/mol. The molecule has 19 heavy (non-hydrogen) atoms. The summed E-state index contributed by atoms with van der Waals surface area (Å²) in [5.74, 6) is 1.18. The van der Waals surface area contributed by atoms with Gasteiger partial charge in [-0.15, -0.1) is 0 Å². The molecule has 1 aliphatic heterocycles. The number of carbonyl (C=O) groups is 1. The Morgan fingerprint density at radius 2 is 2.00 bits per heavy atom. The number of anilines is 1. The smallest absolute Gasteiger partial charge is 0.231 e. The molecular formula is C16H22N2O. The van der Waals surface area contributed by atoms with Crippen LogP contribution >= 0.6 is 0 Å². The van der Waals surface area contributed by atoms with Gasteiger partial charge < -0.3 is 10.2 Å². The van der Waals surface area contributed by atoms with Gasteiger partial charge in [-0.25, -0.2) is 0 Å². The van der Waals surface area contributed by atoms with Crippen LogP contribution < -0.4 is 10.2 Å². The summed E-state index contributed by atoms with van der Waals surface area (Å²) in [5, 5.41) is 3.29. The third-order valence-electron chi connectivity index (χ3n) is 4.41. The second-order valence-corrected chi connectivity index (χ2v) is 5.77. The third-order valence-corrected chi connectivity index (χ3v) is 4.41. The van der Waals surface area contributed by atoms with Crippen LogP contribution in [-0.4, -0.2) is 25.5 Å². The van der Waals surface area contributed by atoms with Crippen LogP contribution in [0.25, 0.3) is 0 Å². The summed E-state index contributed by atoms with van der Waals surface area (Å²) in [6, 6.07) is 10.1. The predicted octanol–water partition coefficient (Wildman–Crippen LogP) is 2.43. The van der Waals surface area contributed by atoms with Crippen LogP contribution in [0, 0.1) is 11.8 Å². The normalized spacial score (nSPS) is 23.1. The molecule has 0 spiro atoms. The van der Waals surface area contributed by atoms with Crippen LogP contribution in [-0.2, 0) is 4.79 Å². The van der Waals surface area contributed by atoms with Crippen molar-refractivity contribution < 1.29 is 4.79 Å². The fraction of sp³-hybridized carbons (Fsp3) is 0.562. The van der Waals surface area contributed by atoms with Crippen molar-refractivity contribution in [1.29, 1.82) is 0 Å². The van der Waals surface area contributed by atoms with Crippen LogP contribution in [0.3, 0.4) is 0 Å². The maximum atomic E-state index is 12.7. The molecule has 1 aromatic rings. The van der Waals surface area contributed by atoms with Crippen molar-refractivity contribution in [1.82, 2.24) is 5.32 Å². The topological polar surface area (TPSA) is 32.3 Å². The first-order chi connectivity index (χ1) is 9.34. The minimum atomic E-state index is 0.167. The van der Waals surface area contributed by atoms with Gasteiger partial charge in [0.25, 0.3) is 0 Å². The zero-order valence-electron chi connectivity index (χ0n) is 11.3. The molecule has 1 N–H and O–H groups in total. The number of nitrogens with one attached hydrogen (secondary N) is 1. The Bertz CT molecular complexity index is 422. The summed E-state index contributed by atoms with van der Waals surface area (Å²) in [5.41, 5.74) is 1.06. The highest BCUT2D eigenvalue weighted by Gasteiger charge is 2.30. The molecule has 1 saturated heterocycles. The van der Waals surface area contributed by atoms with Crippen LogP contribution in [0.1, 0.15) is 25.7 Å². The number of carbonyl (C=O) groups excluding carboxylic acids is 1. The molecule has 0 bridgehead atoms. The van der Waals surface area contributed by atoms with E-state index < -0.39 is 0 Å². The van der Waals surface area contributed by atoms with E-state index in [0.717, 1.165) is 31.7 Å². The monoisotopic (exact) mass is 258 g/mol. The second-order valence-electron chi connectivity index (χ2n) is 5.77. The van der Waals surface area contributed by atoms with Crippen molar-refractivity contribution >= 4 is 11.6 Å². The van der Waals surface area contributed by atoms with Crippen LogP contribution in [0.15, 0.2) is 30.3 Å². The largest absolute Gasteiger partial charge is 0.316 e. The van der Waals surface area contributed by atoms with E-state index in [0.29, 0.717) is 11.8 Å². The number of hydrogen-bond acceptors (Lipinski definition) is 2. The van der Waals surface area contributed by atoms with E-state index in [4.69, 9.17) is 0 Å². The number of nitrogens with zero attached hydrogens (tertiary/aromatic N) is 1. The van der Waals surface area contributed by atoms with E-state index >= 15 is 0 Å². The minimum absolute atomic E-state index is 0.167. The lowest BCUT2D eigenvalue weighted by Crippen LogP contribution is -2.41. The first-order valence-corrected chi connectivity index (χ1v) is 7.42. The molecule has 3 nitrogen and oxygen atoms in total. The molecule has 1 amide bonds. The maximum absolute atomic E-state index is 12.7. The molecule has 1 atom stereocenters. The zero-order valence-corrected chi connectivity index (χ0v) is 11.3. The lowest BCUT2D eigenvalue weighted by Gasteiger charge is -2.33. The average Bonchev–Trinajstić information content (AvgIpc) is 2.92. The van der Waals surface area contributed by atoms with Gasteiger partial charge in [0.1, 0.15) is 0 Å². The van der Waals surface area contributed by atoms with Gasteiger partial charge in [-0.1, -0.05) is 24.6 Å². The lowest BCUT2D eigenvalue weighted by molar-refractivity contribution is -0.122. The first-order valence-electron chi connectivity index (χ1n) is 7.42. The quantitative estimate of drug-likeness (QED) is 0.899. The van der Waals surface area contributed by atoms with E-state index in [-0.39, 0.29) is 5.92 Å². The minimum Gasteiger partial charge on any atom is -0.316 e. The zero-order chi connectivity index (χ0) is 13.1. The van der Waals surface area contributed by atoms with E-state index in [1.807, 2.05) is 23.1 Å². The summed E-state index contributed by atoms with van der Waals surface area (Å²) < 4.78 is 0. The molecule has 2 aliphatic rings. The maximum Gasteiger partial charge on any atom is 0.231 e. The van der Waals surface area contributed by atoms with Crippen molar-refractivity contribution in [3.8, 4) is 0 Å². The van der Waals surface area contributed by atoms with Crippen LogP contribution in [0.4, 0.5) is 5.69 Å². The Hall–Kier alpha value is -1.35. The molecule has 3 heteroatoms. The van der Waals surface area contributed by atoms with E-state index in [9.17, 15) is 4.79 Å². The van der Waals surface area contributed by atoms with Crippen molar-refractivity contribution in [3.05, 3.63) is 30.3 Å². The highest BCUT2D eigenvalue weighted by atomic mass is 16.2. The van der Waals surface area contributed by atoms with Gasteiger partial charge >= 0.3 is 0 Å². The van der Waals surface area contributed by atoms with E-state index in [1.165, 1.54) is 19.3 Å². The summed E-state index contributed by atoms with van der Waals surface area (Å²) in [6.45, 7) is 2.72. The molecule has 2 fully saturated rings. The van der Waals surface area contributed by atoms with Crippen molar-refractivity contribution in [3.63, 3.8) is 0 Å². The molecule has 1 aliphatic carbocycles. The van der Waals surface area contributed by atoms with Gasteiger partial charge in [-0.05, 0) is 43.9 Å². The Morgan fingerprint density at radius 1 is 1.21 bits per heavy atom. The predicted molar refractivity (Wildman–Crippen MR) is 77.1 cm³/mol. The van der Waals surface area contributed by atoms with E-state index in [1.54, 1.807) is 0 Å². The molecule has 3 rings (SSSR count). The number of para-hydroxylation sites is 1. The molecule has 0 aromatic heterocycles. The third kappa shape index (κ3) is 2.81. The molecule has 1 aromatic carbocycles. The molecular weight excluding hydrogens is 236 g/mol. The van der Waals surface area contributed by atoms with Crippen LogP contribution in [0.2, 0.25) is 0 Å². The summed E-state index contributed by atoms with van der Waals surface area (Å²) >= 11 is 0. The molecule has 102 valence electrons. The molecule has 1 heterocycles. The summed E-state index contributed by atoms with van der Waals surface area (Å²) in [4.78, 5) is 14.7. The number of hydrogen-bond donors (Lipinski definition) is 1. The Morgan fingerprint density at radius 3 is 2.58 bits per heavy atom. The Balaban J connectivity index is 1.76. The highest BCUT2D eigenvalue weighted by Crippen LogP contribution is 2.30. The second kappa shape index (κ2) is 5.74. The molecule has 0 radical (unpaired) electrons. The van der Waals surface area contributed by atoms with Gasteiger partial charge in [0.15, 0.2) is 0 Å². The molecule has 1 unspecified atom stereocenters. The fourth-order valence-electron chi connectivity index (χ4n) is 2.95. The van der Waals surface area contributed by atoms with Gasteiger partial charge in [0.2, 0.25) is 5.91 Å². The summed E-state index contributed by atoms with van der Waals surface area (Å²) in [6.07, 6.45) is 4.86. The van der Waals surface area contributed by atoms with Crippen molar-refractivity contribution in [2.45, 2.75) is 25.7 Å². The first kappa shape index (κ1) is 12.7. The summed E-state index contributed by atoms with van der Waals surface area (Å²) in [7, 11) is 0. The van der Waals surface area contributed by atoms with Gasteiger partial charge in [0, 0.05) is 18.8 Å². The van der Waals surface area contributed by atoms with Crippen LogP contribution in [0.5, 0.6) is 0 Å². The van der Waals surface area contributed by atoms with Gasteiger partial charge in [-0.3, -0.25) is 4.79 Å². The number of amides is 1. The molecule has 1 saturated carbocycles. The van der Waals surface area contributed by atoms with Crippen molar-refractivity contribution in [2.24, 2.45) is 11.8 Å². The van der Waals surface area contributed by atoms with E-state index in [2.05, 4.69) is 17.4 Å². The highest BCUT2D eigenvalue weighted by molar-refractivity contribution is 5.95. The standard InChI is InChI=1S/C16H22N2O/c19-16(14-9-10-17-11-14)18(12-13-5-4-6-13)15-7-2-1-3-8-15/h1-3,7-8,13-14,17H,4-6,9-12H2. The number of benzene rings is 1. The Kier molecular flexibility index (Phi) is 3.83. The van der Waals surface area contributed by atoms with Gasteiger partial charge in [-0.2, -0.15) is 0 Å². The van der Waals surface area contributed by atoms with Crippen molar-refractivity contribution in [2.75, 3.05) is 24.5 Å². The van der Waals surface area contributed by atoms with Gasteiger partial charge in [0.05, 0.1) is 5.92 Å². The SMILES string of the molecule is O=C(C1CCNC1)N(CC1CCC1)c1ccccc1.